The van der Waals surface area contributed by atoms with Gasteiger partial charge in [-0.05, 0) is 25.9 Å². The molecule has 3 aromatic heterocycles. The summed E-state index contributed by atoms with van der Waals surface area (Å²) in [6.45, 7) is -0.200. The quantitative estimate of drug-likeness (QED) is 0.495. The Morgan fingerprint density at radius 1 is 1.14 bits per heavy atom. The average Bonchev–Trinajstić information content (AvgIpc) is 2.93. The Kier molecular flexibility index (Phi) is 2.15. The van der Waals surface area contributed by atoms with E-state index in [-0.39, 0.29) is 0 Å². The van der Waals surface area contributed by atoms with Gasteiger partial charge in [-0.1, -0.05) is 18.2 Å². The van der Waals surface area contributed by atoms with Crippen LogP contribution in [0.25, 0.3) is 33.2 Å². The van der Waals surface area contributed by atoms with Crippen LogP contribution < -0.4 is 4.57 Å². The number of rotatable bonds is 1. The second-order valence-electron chi connectivity index (χ2n) is 5.47. The summed E-state index contributed by atoms with van der Waals surface area (Å²) in [4.78, 5) is 4.53. The van der Waals surface area contributed by atoms with E-state index in [2.05, 4.69) is 4.98 Å². The summed E-state index contributed by atoms with van der Waals surface area (Å²) in [5.74, 6) is 0. The van der Waals surface area contributed by atoms with Gasteiger partial charge in [-0.3, -0.25) is 4.98 Å². The minimum Gasteiger partial charge on any atom is -0.455 e. The maximum atomic E-state index is 7.58. The van der Waals surface area contributed by atoms with Gasteiger partial charge in [0.05, 0.1) is 5.69 Å². The fourth-order valence-corrected chi connectivity index (χ4v) is 2.94. The molecule has 0 fully saturated rings. The van der Waals surface area contributed by atoms with E-state index in [1.54, 1.807) is 12.3 Å². The lowest BCUT2D eigenvalue weighted by Crippen LogP contribution is -2.31. The third kappa shape index (κ3) is 1.82. The molecule has 22 heavy (non-hydrogen) atoms. The van der Waals surface area contributed by atoms with E-state index in [1.807, 2.05) is 55.1 Å². The van der Waals surface area contributed by atoms with Crippen molar-refractivity contribution >= 4 is 21.9 Å². The summed E-state index contributed by atoms with van der Waals surface area (Å²) in [6.07, 6.45) is 3.47. The van der Waals surface area contributed by atoms with Gasteiger partial charge < -0.3 is 4.42 Å². The molecule has 0 N–H and O–H groups in total. The minimum absolute atomic E-state index is 0.307. The normalized spacial score (nSPS) is 14.0. The Hall–Kier alpha value is -2.68. The zero-order valence-electron chi connectivity index (χ0n) is 15.4. The molecule has 1 aromatic carbocycles. The van der Waals surface area contributed by atoms with E-state index < -0.39 is 6.85 Å². The smallest absolute Gasteiger partial charge is 0.217 e. The van der Waals surface area contributed by atoms with Crippen LogP contribution in [0.4, 0.5) is 0 Å². The average molecular weight is 292 g/mol. The van der Waals surface area contributed by atoms with Gasteiger partial charge >= 0.3 is 0 Å². The van der Waals surface area contributed by atoms with Crippen LogP contribution in [0.5, 0.6) is 0 Å². The first kappa shape index (κ1) is 10.1. The van der Waals surface area contributed by atoms with Crippen LogP contribution in [0, 0.1) is 13.8 Å². The third-order valence-electron chi connectivity index (χ3n) is 4.00. The zero-order valence-corrected chi connectivity index (χ0v) is 12.4. The molecule has 3 nitrogen and oxygen atoms in total. The predicted octanol–water partition coefficient (Wildman–Crippen LogP) is 4.09. The SMILES string of the molecule is [2H]C([2H])([2H])c1ccc(-c2c(C)ncc3c2oc2ccccc23)[n+](C)c1. The number of benzene rings is 1. The number of nitrogens with zero attached hydrogens (tertiary/aromatic N) is 2. The van der Waals surface area contributed by atoms with Crippen LogP contribution in [0.15, 0.2) is 53.2 Å². The zero-order chi connectivity index (χ0) is 17.8. The number of aryl methyl sites for hydroxylation is 3. The van der Waals surface area contributed by atoms with Gasteiger partial charge in [0.15, 0.2) is 11.8 Å². The van der Waals surface area contributed by atoms with E-state index in [1.165, 1.54) is 0 Å². The molecule has 0 radical (unpaired) electrons. The van der Waals surface area contributed by atoms with Crippen molar-refractivity contribution in [1.82, 2.24) is 4.98 Å². The monoisotopic (exact) mass is 292 g/mol. The number of fused-ring (bicyclic) bond motifs is 3. The fourth-order valence-electron chi connectivity index (χ4n) is 2.94. The highest BCUT2D eigenvalue weighted by molar-refractivity contribution is 6.08. The Balaban J connectivity index is 2.02. The lowest BCUT2D eigenvalue weighted by atomic mass is 10.1. The highest BCUT2D eigenvalue weighted by Crippen LogP contribution is 2.35. The third-order valence-corrected chi connectivity index (χ3v) is 4.00. The summed E-state index contributed by atoms with van der Waals surface area (Å²) >= 11 is 0. The van der Waals surface area contributed by atoms with Crippen LogP contribution in [-0.4, -0.2) is 4.98 Å². The lowest BCUT2D eigenvalue weighted by molar-refractivity contribution is -0.660. The number of pyridine rings is 2. The number of hydrogen-bond donors (Lipinski definition) is 0. The molecule has 4 aromatic rings. The topological polar surface area (TPSA) is 29.9 Å². The molecule has 0 saturated heterocycles. The van der Waals surface area contributed by atoms with Crippen molar-refractivity contribution in [2.45, 2.75) is 13.8 Å². The van der Waals surface area contributed by atoms with Crippen molar-refractivity contribution in [3.63, 3.8) is 0 Å². The summed E-state index contributed by atoms with van der Waals surface area (Å²) in [6, 6.07) is 11.3. The number of hydrogen-bond acceptors (Lipinski definition) is 2. The molecule has 108 valence electrons. The van der Waals surface area contributed by atoms with Crippen LogP contribution >= 0.6 is 0 Å². The van der Waals surface area contributed by atoms with Gasteiger partial charge in [0.25, 0.3) is 0 Å². The molecule has 0 unspecified atom stereocenters. The molecule has 0 atom stereocenters. The first-order valence-corrected chi connectivity index (χ1v) is 7.13. The van der Waals surface area contributed by atoms with E-state index in [4.69, 9.17) is 8.53 Å². The second kappa shape index (κ2) is 4.67. The van der Waals surface area contributed by atoms with E-state index in [0.717, 1.165) is 38.9 Å². The van der Waals surface area contributed by atoms with Crippen molar-refractivity contribution in [3.8, 4) is 11.3 Å². The number of para-hydroxylation sites is 1. The maximum absolute atomic E-state index is 7.58. The summed E-state index contributed by atoms with van der Waals surface area (Å²) in [5.41, 5.74) is 4.47. The molecule has 3 heteroatoms. The standard InChI is InChI=1S/C19H17N2O/c1-12-8-9-16(21(3)11-12)18-13(2)20-10-15-14-6-4-5-7-17(14)22-19(15)18/h4-11H,1-3H3/q+1/i1D3. The van der Waals surface area contributed by atoms with Gasteiger partial charge in [-0.2, -0.15) is 0 Å². The number of aromatic nitrogens is 2. The predicted molar refractivity (Wildman–Crippen MR) is 87.6 cm³/mol. The van der Waals surface area contributed by atoms with Gasteiger partial charge in [-0.15, -0.1) is 0 Å². The molecule has 0 saturated carbocycles. The van der Waals surface area contributed by atoms with Crippen molar-refractivity contribution in [2.24, 2.45) is 7.05 Å². The molecule has 0 aliphatic rings. The van der Waals surface area contributed by atoms with Gasteiger partial charge in [-0.25, -0.2) is 4.57 Å². The van der Waals surface area contributed by atoms with E-state index >= 15 is 0 Å². The second-order valence-corrected chi connectivity index (χ2v) is 5.47. The molecule has 0 bridgehead atoms. The van der Waals surface area contributed by atoms with Gasteiger partial charge in [0.2, 0.25) is 5.69 Å². The Morgan fingerprint density at radius 2 is 2.00 bits per heavy atom. The van der Waals surface area contributed by atoms with Crippen molar-refractivity contribution in [2.75, 3.05) is 0 Å². The molecule has 0 aliphatic carbocycles. The highest BCUT2D eigenvalue weighted by Gasteiger charge is 2.21. The highest BCUT2D eigenvalue weighted by atomic mass is 16.3. The first-order valence-electron chi connectivity index (χ1n) is 8.63. The largest absolute Gasteiger partial charge is 0.455 e. The van der Waals surface area contributed by atoms with Crippen LogP contribution in [0.2, 0.25) is 0 Å². The van der Waals surface area contributed by atoms with Gasteiger partial charge in [0, 0.05) is 32.7 Å². The fraction of sp³-hybridized carbons (Fsp3) is 0.158. The summed E-state index contributed by atoms with van der Waals surface area (Å²) in [5, 5.41) is 1.98. The maximum Gasteiger partial charge on any atom is 0.217 e. The van der Waals surface area contributed by atoms with Gasteiger partial charge in [0.1, 0.15) is 18.2 Å². The van der Waals surface area contributed by atoms with E-state index in [0.29, 0.717) is 5.56 Å². The van der Waals surface area contributed by atoms with Crippen molar-refractivity contribution in [1.29, 1.82) is 0 Å². The van der Waals surface area contributed by atoms with Crippen LogP contribution in [0.3, 0.4) is 0 Å². The summed E-state index contributed by atoms with van der Waals surface area (Å²) in [7, 11) is 1.84. The van der Waals surface area contributed by atoms with Crippen molar-refractivity contribution in [3.05, 3.63) is 60.0 Å². The first-order chi connectivity index (χ1) is 11.9. The minimum atomic E-state index is -2.13. The lowest BCUT2D eigenvalue weighted by Gasteiger charge is -2.05. The molecule has 0 spiro atoms. The molecular weight excluding hydrogens is 272 g/mol. The Labute approximate surface area is 133 Å². The molecular formula is C19H17N2O+. The summed E-state index contributed by atoms with van der Waals surface area (Å²) < 4.78 is 30.7. The Morgan fingerprint density at radius 3 is 2.82 bits per heavy atom. The van der Waals surface area contributed by atoms with E-state index in [9.17, 15) is 0 Å². The molecule has 0 amide bonds. The van der Waals surface area contributed by atoms with Crippen LogP contribution in [-0.2, 0) is 7.05 Å². The molecule has 4 rings (SSSR count). The number of furan rings is 1. The van der Waals surface area contributed by atoms with Crippen LogP contribution in [0.1, 0.15) is 15.4 Å². The molecule has 0 aliphatic heterocycles. The van der Waals surface area contributed by atoms with Crippen molar-refractivity contribution < 1.29 is 13.1 Å². The Bertz CT molecular complexity index is 1110. The molecule has 3 heterocycles.